The molecular formula is C11H20N4. The first kappa shape index (κ1) is 10.6. The van der Waals surface area contributed by atoms with Gasteiger partial charge in [0.1, 0.15) is 5.82 Å². The van der Waals surface area contributed by atoms with Crippen LogP contribution in [-0.4, -0.2) is 41.0 Å². The second-order valence-electron chi connectivity index (χ2n) is 4.11. The van der Waals surface area contributed by atoms with E-state index in [1.807, 2.05) is 6.20 Å². The van der Waals surface area contributed by atoms with E-state index >= 15 is 0 Å². The molecule has 84 valence electrons. The molecule has 2 rings (SSSR count). The van der Waals surface area contributed by atoms with Crippen LogP contribution in [-0.2, 0) is 6.54 Å². The van der Waals surface area contributed by atoms with Gasteiger partial charge in [-0.1, -0.05) is 6.42 Å². The van der Waals surface area contributed by atoms with Crippen LogP contribution in [0.1, 0.15) is 25.1 Å². The van der Waals surface area contributed by atoms with Crippen LogP contribution in [0.5, 0.6) is 0 Å². The molecule has 2 heterocycles. The van der Waals surface area contributed by atoms with Gasteiger partial charge in [0.25, 0.3) is 0 Å². The first-order valence-corrected chi connectivity index (χ1v) is 5.86. The summed E-state index contributed by atoms with van der Waals surface area (Å²) in [4.78, 5) is 9.80. The molecule has 2 N–H and O–H groups in total. The lowest BCUT2D eigenvalue weighted by Gasteiger charge is -2.26. The number of aromatic amines is 1. The van der Waals surface area contributed by atoms with Crippen LogP contribution in [0.25, 0.3) is 0 Å². The van der Waals surface area contributed by atoms with Gasteiger partial charge in [-0.3, -0.25) is 0 Å². The highest BCUT2D eigenvalue weighted by Crippen LogP contribution is 2.07. The maximum Gasteiger partial charge on any atom is 0.120 e. The van der Waals surface area contributed by atoms with Crippen molar-refractivity contribution in [2.45, 2.75) is 25.8 Å². The van der Waals surface area contributed by atoms with Crippen molar-refractivity contribution in [1.29, 1.82) is 0 Å². The quantitative estimate of drug-likeness (QED) is 0.709. The van der Waals surface area contributed by atoms with Gasteiger partial charge in [-0.25, -0.2) is 4.98 Å². The number of H-pyrrole nitrogens is 1. The topological polar surface area (TPSA) is 44.0 Å². The Morgan fingerprint density at radius 2 is 2.20 bits per heavy atom. The molecule has 4 nitrogen and oxygen atoms in total. The molecule has 1 fully saturated rings. The molecule has 15 heavy (non-hydrogen) atoms. The van der Waals surface area contributed by atoms with Crippen LogP contribution >= 0.6 is 0 Å². The molecule has 0 unspecified atom stereocenters. The number of aromatic nitrogens is 2. The summed E-state index contributed by atoms with van der Waals surface area (Å²) in [5.41, 5.74) is 0. The molecule has 0 spiro atoms. The highest BCUT2D eigenvalue weighted by molar-refractivity contribution is 4.85. The van der Waals surface area contributed by atoms with Gasteiger partial charge in [-0.15, -0.1) is 0 Å². The molecule has 0 aliphatic carbocycles. The van der Waals surface area contributed by atoms with Gasteiger partial charge in [0.05, 0.1) is 6.54 Å². The van der Waals surface area contributed by atoms with Crippen molar-refractivity contribution in [1.82, 2.24) is 20.2 Å². The van der Waals surface area contributed by atoms with E-state index in [2.05, 4.69) is 20.2 Å². The van der Waals surface area contributed by atoms with Crippen molar-refractivity contribution in [2.75, 3.05) is 26.2 Å². The van der Waals surface area contributed by atoms with Gasteiger partial charge in [0.2, 0.25) is 0 Å². The number of rotatable bonds is 5. The predicted molar refractivity (Wildman–Crippen MR) is 60.6 cm³/mol. The average molecular weight is 208 g/mol. The molecule has 0 radical (unpaired) electrons. The second kappa shape index (κ2) is 5.88. The van der Waals surface area contributed by atoms with Crippen molar-refractivity contribution in [3.8, 4) is 0 Å². The molecule has 1 aromatic rings. The SMILES string of the molecule is c1c[nH]c(CNCCN2CCCCC2)n1. The highest BCUT2D eigenvalue weighted by Gasteiger charge is 2.08. The van der Waals surface area contributed by atoms with Gasteiger partial charge in [-0.05, 0) is 25.9 Å². The molecule has 0 amide bonds. The normalized spacial score (nSPS) is 18.1. The number of imidazole rings is 1. The number of nitrogens with zero attached hydrogens (tertiary/aromatic N) is 2. The van der Waals surface area contributed by atoms with Crippen molar-refractivity contribution < 1.29 is 0 Å². The third-order valence-electron chi connectivity index (χ3n) is 2.90. The van der Waals surface area contributed by atoms with Gasteiger partial charge in [0.15, 0.2) is 0 Å². The highest BCUT2D eigenvalue weighted by atomic mass is 15.1. The molecule has 1 aromatic heterocycles. The van der Waals surface area contributed by atoms with Gasteiger partial charge < -0.3 is 15.2 Å². The number of piperidine rings is 1. The fourth-order valence-electron chi connectivity index (χ4n) is 2.02. The lowest BCUT2D eigenvalue weighted by atomic mass is 10.1. The number of nitrogens with one attached hydrogen (secondary N) is 2. The Morgan fingerprint density at radius 3 is 2.93 bits per heavy atom. The fourth-order valence-corrected chi connectivity index (χ4v) is 2.02. The Balaban J connectivity index is 1.54. The van der Waals surface area contributed by atoms with E-state index in [1.165, 1.54) is 38.9 Å². The standard InChI is InChI=1S/C11H20N4/c1-2-7-15(8-3-1)9-6-12-10-11-13-4-5-14-11/h4-5,12H,1-3,6-10H2,(H,13,14). The third kappa shape index (κ3) is 3.64. The molecule has 4 heteroatoms. The zero-order valence-electron chi connectivity index (χ0n) is 9.21. The van der Waals surface area contributed by atoms with Crippen LogP contribution in [0.15, 0.2) is 12.4 Å². The van der Waals surface area contributed by atoms with Gasteiger partial charge >= 0.3 is 0 Å². The van der Waals surface area contributed by atoms with Gasteiger partial charge in [0, 0.05) is 25.5 Å². The maximum absolute atomic E-state index is 4.17. The summed E-state index contributed by atoms with van der Waals surface area (Å²) in [6.45, 7) is 5.63. The largest absolute Gasteiger partial charge is 0.348 e. The lowest BCUT2D eigenvalue weighted by Crippen LogP contribution is -2.35. The summed E-state index contributed by atoms with van der Waals surface area (Å²) in [6.07, 6.45) is 7.82. The molecule has 0 saturated carbocycles. The molecular weight excluding hydrogens is 188 g/mol. The van der Waals surface area contributed by atoms with Crippen LogP contribution in [0.4, 0.5) is 0 Å². The Hall–Kier alpha value is -0.870. The molecule has 1 aliphatic heterocycles. The van der Waals surface area contributed by atoms with E-state index in [0.29, 0.717) is 0 Å². The second-order valence-corrected chi connectivity index (χ2v) is 4.11. The minimum atomic E-state index is 0.848. The summed E-state index contributed by atoms with van der Waals surface area (Å²) in [7, 11) is 0. The first-order valence-electron chi connectivity index (χ1n) is 5.86. The summed E-state index contributed by atoms with van der Waals surface area (Å²) < 4.78 is 0. The van der Waals surface area contributed by atoms with Crippen molar-refractivity contribution in [3.05, 3.63) is 18.2 Å². The summed E-state index contributed by atoms with van der Waals surface area (Å²) in [5, 5.41) is 3.40. The van der Waals surface area contributed by atoms with Crippen LogP contribution < -0.4 is 5.32 Å². The molecule has 0 atom stereocenters. The minimum absolute atomic E-state index is 0.848. The van der Waals surface area contributed by atoms with E-state index in [1.54, 1.807) is 6.20 Å². The molecule has 0 bridgehead atoms. The monoisotopic (exact) mass is 208 g/mol. The Morgan fingerprint density at radius 1 is 1.33 bits per heavy atom. The summed E-state index contributed by atoms with van der Waals surface area (Å²) >= 11 is 0. The van der Waals surface area contributed by atoms with E-state index in [4.69, 9.17) is 0 Å². The first-order chi connectivity index (χ1) is 7.45. The smallest absolute Gasteiger partial charge is 0.120 e. The molecule has 0 aromatic carbocycles. The van der Waals surface area contributed by atoms with E-state index in [-0.39, 0.29) is 0 Å². The summed E-state index contributed by atoms with van der Waals surface area (Å²) in [5.74, 6) is 1.02. The Labute approximate surface area is 91.1 Å². The zero-order chi connectivity index (χ0) is 10.3. The van der Waals surface area contributed by atoms with Gasteiger partial charge in [-0.2, -0.15) is 0 Å². The minimum Gasteiger partial charge on any atom is -0.348 e. The zero-order valence-corrected chi connectivity index (χ0v) is 9.21. The fraction of sp³-hybridized carbons (Fsp3) is 0.727. The van der Waals surface area contributed by atoms with Crippen LogP contribution in [0.2, 0.25) is 0 Å². The summed E-state index contributed by atoms with van der Waals surface area (Å²) in [6, 6.07) is 0. The predicted octanol–water partition coefficient (Wildman–Crippen LogP) is 0.985. The van der Waals surface area contributed by atoms with Crippen molar-refractivity contribution in [2.24, 2.45) is 0 Å². The van der Waals surface area contributed by atoms with E-state index in [0.717, 1.165) is 18.9 Å². The van der Waals surface area contributed by atoms with Crippen molar-refractivity contribution >= 4 is 0 Å². The Bertz CT molecular complexity index is 252. The third-order valence-corrected chi connectivity index (χ3v) is 2.90. The average Bonchev–Trinajstić information content (AvgIpc) is 2.79. The van der Waals surface area contributed by atoms with E-state index < -0.39 is 0 Å². The number of hydrogen-bond donors (Lipinski definition) is 2. The van der Waals surface area contributed by atoms with E-state index in [9.17, 15) is 0 Å². The molecule has 1 saturated heterocycles. The molecule has 1 aliphatic rings. The Kier molecular flexibility index (Phi) is 4.17. The lowest BCUT2D eigenvalue weighted by molar-refractivity contribution is 0.229. The van der Waals surface area contributed by atoms with Crippen molar-refractivity contribution in [3.63, 3.8) is 0 Å². The number of likely N-dealkylation sites (tertiary alicyclic amines) is 1. The van der Waals surface area contributed by atoms with Crippen LogP contribution in [0.3, 0.4) is 0 Å². The van der Waals surface area contributed by atoms with Crippen LogP contribution in [0, 0.1) is 0 Å². The maximum atomic E-state index is 4.17. The number of hydrogen-bond acceptors (Lipinski definition) is 3.